The second kappa shape index (κ2) is 19.6. The molecule has 0 atom stereocenters. The number of hydrogen-bond acceptors (Lipinski definition) is 8. The average molecular weight is 413 g/mol. The van der Waals surface area contributed by atoms with Crippen molar-refractivity contribution in [2.24, 2.45) is 0 Å². The number of carboxylic acids is 4. The quantitative estimate of drug-likeness (QED) is 0.307. The van der Waals surface area contributed by atoms with Crippen LogP contribution in [-0.4, -0.2) is 88.6 Å². The SMILES string of the molecule is O.O=C([O-])CN(CCN(CC(=O)O)CC(=O)O)CC(=O)[O-].[Co].[Na+].[Na+]. The Hall–Kier alpha value is 0.266. The summed E-state index contributed by atoms with van der Waals surface area (Å²) in [6, 6.07) is 0. The number of carboxylic acid groups (broad SMARTS) is 4. The molecule has 0 saturated heterocycles. The Bertz CT molecular complexity index is 333. The average Bonchev–Trinajstić information content (AvgIpc) is 2.22. The molecule has 131 valence electrons. The topological polar surface area (TPSA) is 193 Å². The van der Waals surface area contributed by atoms with Crippen LogP contribution in [0.4, 0.5) is 0 Å². The number of hydrogen-bond donors (Lipinski definition) is 2. The van der Waals surface area contributed by atoms with Crippen molar-refractivity contribution in [3.8, 4) is 0 Å². The summed E-state index contributed by atoms with van der Waals surface area (Å²) in [6.07, 6.45) is 0. The maximum Gasteiger partial charge on any atom is 1.00 e. The van der Waals surface area contributed by atoms with Gasteiger partial charge in [-0.3, -0.25) is 19.4 Å². The molecule has 0 fully saturated rings. The molecule has 1 radical (unpaired) electrons. The molecule has 0 aromatic carbocycles. The second-order valence-corrected chi connectivity index (χ2v) is 3.95. The van der Waals surface area contributed by atoms with E-state index in [1.165, 1.54) is 0 Å². The first kappa shape index (κ1) is 35.4. The third-order valence-corrected chi connectivity index (χ3v) is 2.16. The van der Waals surface area contributed by atoms with Gasteiger partial charge >= 0.3 is 71.1 Å². The van der Waals surface area contributed by atoms with Crippen LogP contribution in [0, 0.1) is 0 Å². The molecule has 0 unspecified atom stereocenters. The fraction of sp³-hybridized carbons (Fsp3) is 0.600. The van der Waals surface area contributed by atoms with E-state index in [2.05, 4.69) is 0 Å². The largest absolute Gasteiger partial charge is 1.00 e. The van der Waals surface area contributed by atoms with E-state index in [-0.39, 0.29) is 94.5 Å². The summed E-state index contributed by atoms with van der Waals surface area (Å²) in [4.78, 5) is 43.9. The first-order valence-electron chi connectivity index (χ1n) is 5.48. The molecule has 4 N–H and O–H groups in total. The Labute approximate surface area is 192 Å². The number of aliphatic carboxylic acids is 4. The van der Waals surface area contributed by atoms with E-state index in [0.29, 0.717) is 0 Å². The molecular formula is C10H16CoN2Na2O9. The smallest absolute Gasteiger partial charge is 0.549 e. The minimum atomic E-state index is -1.51. The molecular weight excluding hydrogens is 397 g/mol. The number of carbonyl (C=O) groups is 4. The van der Waals surface area contributed by atoms with Gasteiger partial charge in [0.1, 0.15) is 0 Å². The van der Waals surface area contributed by atoms with Gasteiger partial charge in [0, 0.05) is 43.0 Å². The maximum absolute atomic E-state index is 10.5. The van der Waals surface area contributed by atoms with Crippen LogP contribution in [0.3, 0.4) is 0 Å². The Balaban J connectivity index is -0.000000301. The molecule has 0 saturated carbocycles. The second-order valence-electron chi connectivity index (χ2n) is 3.95. The molecule has 24 heavy (non-hydrogen) atoms. The number of carbonyl (C=O) groups excluding carboxylic acids is 2. The molecule has 0 aromatic heterocycles. The molecule has 11 nitrogen and oxygen atoms in total. The predicted molar refractivity (Wildman–Crippen MR) is 61.8 cm³/mol. The van der Waals surface area contributed by atoms with E-state index in [1.807, 2.05) is 0 Å². The minimum absolute atomic E-state index is 0. The van der Waals surface area contributed by atoms with Crippen molar-refractivity contribution in [2.45, 2.75) is 0 Å². The van der Waals surface area contributed by atoms with Crippen molar-refractivity contribution >= 4 is 23.9 Å². The third-order valence-electron chi connectivity index (χ3n) is 2.16. The Kier molecular flexibility index (Phi) is 28.9. The van der Waals surface area contributed by atoms with Gasteiger partial charge in [-0.2, -0.15) is 0 Å². The van der Waals surface area contributed by atoms with Gasteiger partial charge in [0.15, 0.2) is 0 Å². The van der Waals surface area contributed by atoms with Gasteiger partial charge in [0.2, 0.25) is 0 Å². The Morgan fingerprint density at radius 2 is 0.958 bits per heavy atom. The summed E-state index contributed by atoms with van der Waals surface area (Å²) in [5, 5.41) is 38.0. The predicted octanol–water partition coefficient (Wildman–Crippen LogP) is -11.6. The number of rotatable bonds is 11. The zero-order chi connectivity index (χ0) is 15.7. The van der Waals surface area contributed by atoms with E-state index in [9.17, 15) is 29.4 Å². The third kappa shape index (κ3) is 22.3. The van der Waals surface area contributed by atoms with Crippen LogP contribution in [0.5, 0.6) is 0 Å². The molecule has 0 bridgehead atoms. The van der Waals surface area contributed by atoms with Crippen LogP contribution in [0.25, 0.3) is 0 Å². The van der Waals surface area contributed by atoms with Crippen molar-refractivity contribution in [1.29, 1.82) is 0 Å². The van der Waals surface area contributed by atoms with Crippen molar-refractivity contribution in [1.82, 2.24) is 9.80 Å². The molecule has 0 aliphatic heterocycles. The maximum atomic E-state index is 10.5. The fourth-order valence-corrected chi connectivity index (χ4v) is 1.46. The van der Waals surface area contributed by atoms with Crippen LogP contribution in [0.15, 0.2) is 0 Å². The molecule has 0 rings (SSSR count). The van der Waals surface area contributed by atoms with Crippen molar-refractivity contribution in [2.75, 3.05) is 39.3 Å². The zero-order valence-electron chi connectivity index (χ0n) is 13.3. The van der Waals surface area contributed by atoms with Crippen LogP contribution in [0.2, 0.25) is 0 Å². The van der Waals surface area contributed by atoms with Gasteiger partial charge < -0.3 is 35.5 Å². The monoisotopic (exact) mass is 413 g/mol. The van der Waals surface area contributed by atoms with Gasteiger partial charge in [-0.25, -0.2) is 0 Å². The van der Waals surface area contributed by atoms with E-state index >= 15 is 0 Å². The molecule has 14 heteroatoms. The normalized spacial score (nSPS) is 8.92. The molecule has 0 aliphatic rings. The Morgan fingerprint density at radius 1 is 0.708 bits per heavy atom. The summed E-state index contributed by atoms with van der Waals surface area (Å²) < 4.78 is 0. The van der Waals surface area contributed by atoms with Crippen LogP contribution in [-0.2, 0) is 36.0 Å². The first-order chi connectivity index (χ1) is 9.20. The van der Waals surface area contributed by atoms with Crippen LogP contribution < -0.4 is 69.3 Å². The van der Waals surface area contributed by atoms with Crippen molar-refractivity contribution < 1.29 is 121 Å². The Morgan fingerprint density at radius 3 is 1.17 bits per heavy atom. The fourth-order valence-electron chi connectivity index (χ4n) is 1.46. The summed E-state index contributed by atoms with van der Waals surface area (Å²) in [5.74, 6) is -5.52. The summed E-state index contributed by atoms with van der Waals surface area (Å²) >= 11 is 0. The van der Waals surface area contributed by atoms with Crippen LogP contribution >= 0.6 is 0 Å². The van der Waals surface area contributed by atoms with Crippen LogP contribution in [0.1, 0.15) is 0 Å². The van der Waals surface area contributed by atoms with Gasteiger partial charge in [-0.15, -0.1) is 0 Å². The van der Waals surface area contributed by atoms with Gasteiger partial charge in [0.05, 0.1) is 25.0 Å². The van der Waals surface area contributed by atoms with Gasteiger partial charge in [-0.05, 0) is 0 Å². The molecule has 0 aromatic rings. The van der Waals surface area contributed by atoms with Crippen molar-refractivity contribution in [3.05, 3.63) is 0 Å². The van der Waals surface area contributed by atoms with E-state index in [4.69, 9.17) is 10.2 Å². The minimum Gasteiger partial charge on any atom is -0.549 e. The zero-order valence-corrected chi connectivity index (χ0v) is 18.4. The molecule has 0 aliphatic carbocycles. The van der Waals surface area contributed by atoms with Gasteiger partial charge in [0.25, 0.3) is 0 Å². The standard InChI is InChI=1S/C10H16N2O8.Co.2Na.H2O/c13-7(14)3-11(4-8(15)16)1-2-12(5-9(17)18)6-10(19)20;;;;/h1-6H2,(H,13,14)(H,15,16)(H,17,18)(H,19,20);;;;1H2/q;;2*+1;/p-2. The van der Waals surface area contributed by atoms with E-state index in [0.717, 1.165) is 9.80 Å². The summed E-state index contributed by atoms with van der Waals surface area (Å²) in [5.41, 5.74) is 0. The first-order valence-corrected chi connectivity index (χ1v) is 5.48. The molecule has 0 spiro atoms. The number of nitrogens with zero attached hydrogens (tertiary/aromatic N) is 2. The summed E-state index contributed by atoms with van der Waals surface area (Å²) in [7, 11) is 0. The molecule has 0 amide bonds. The molecule has 0 heterocycles. The van der Waals surface area contributed by atoms with Crippen molar-refractivity contribution in [3.63, 3.8) is 0 Å². The summed E-state index contributed by atoms with van der Waals surface area (Å²) in [6.45, 7) is -2.75. The van der Waals surface area contributed by atoms with E-state index in [1.54, 1.807) is 0 Å². The van der Waals surface area contributed by atoms with E-state index < -0.39 is 50.1 Å². The van der Waals surface area contributed by atoms with Gasteiger partial charge in [-0.1, -0.05) is 0 Å².